The summed E-state index contributed by atoms with van der Waals surface area (Å²) in [5, 5.41) is 19.7. The van der Waals surface area contributed by atoms with E-state index in [-0.39, 0.29) is 17.7 Å². The highest BCUT2D eigenvalue weighted by atomic mass is 16.2. The van der Waals surface area contributed by atoms with E-state index in [1.807, 2.05) is 73.8 Å². The van der Waals surface area contributed by atoms with Crippen molar-refractivity contribution < 1.29 is 4.79 Å². The van der Waals surface area contributed by atoms with Crippen LogP contribution in [0.25, 0.3) is 5.69 Å². The number of nitrogens with one attached hydrogen (secondary N) is 2. The van der Waals surface area contributed by atoms with Crippen LogP contribution in [0.3, 0.4) is 0 Å². The topological polar surface area (TPSA) is 95.6 Å². The lowest BCUT2D eigenvalue weighted by atomic mass is 9.96. The predicted molar refractivity (Wildman–Crippen MR) is 136 cm³/mol. The number of nitriles is 1. The minimum Gasteiger partial charge on any atom is -0.315 e. The molecule has 1 amide bonds. The molecular weight excluding hydrogens is 436 g/mol. The molecule has 0 fully saturated rings. The highest BCUT2D eigenvalue weighted by Crippen LogP contribution is 2.19. The Morgan fingerprint density at radius 2 is 1.77 bits per heavy atom. The van der Waals surface area contributed by atoms with E-state index in [0.717, 1.165) is 22.4 Å². The van der Waals surface area contributed by atoms with Gasteiger partial charge >= 0.3 is 0 Å². The summed E-state index contributed by atoms with van der Waals surface area (Å²) < 4.78 is 1.75. The zero-order chi connectivity index (χ0) is 24.6. The third kappa shape index (κ3) is 6.19. The van der Waals surface area contributed by atoms with Crippen molar-refractivity contribution in [3.05, 3.63) is 108 Å². The van der Waals surface area contributed by atoms with E-state index in [4.69, 9.17) is 5.26 Å². The Bertz CT molecular complexity index is 1290. The smallest absolute Gasteiger partial charge is 0.234 e. The highest BCUT2D eigenvalue weighted by Gasteiger charge is 2.21. The summed E-state index contributed by atoms with van der Waals surface area (Å²) in [5.41, 5.74) is 4.63. The molecule has 0 aliphatic heterocycles. The van der Waals surface area contributed by atoms with Gasteiger partial charge in [0, 0.05) is 19.3 Å². The van der Waals surface area contributed by atoms with Crippen molar-refractivity contribution in [1.29, 1.82) is 5.26 Å². The van der Waals surface area contributed by atoms with Gasteiger partial charge in [-0.2, -0.15) is 10.4 Å². The van der Waals surface area contributed by atoms with Crippen molar-refractivity contribution >= 4 is 11.7 Å². The average Bonchev–Trinajstić information content (AvgIpc) is 3.33. The number of anilines is 1. The van der Waals surface area contributed by atoms with E-state index in [2.05, 4.69) is 33.7 Å². The first kappa shape index (κ1) is 23.9. The summed E-state index contributed by atoms with van der Waals surface area (Å²) in [5.74, 6) is 0.237. The minimum absolute atomic E-state index is 0.120. The highest BCUT2D eigenvalue weighted by molar-refractivity contribution is 5.95. The first-order chi connectivity index (χ1) is 17.0. The molecule has 2 aromatic heterocycles. The molecule has 4 aromatic rings. The number of aromatic nitrogens is 3. The first-order valence-corrected chi connectivity index (χ1v) is 11.6. The fraction of sp³-hybridized carbons (Fsp3) is 0.214. The number of amides is 1. The quantitative estimate of drug-likeness (QED) is 0.379. The molecule has 2 N–H and O–H groups in total. The Morgan fingerprint density at radius 3 is 2.40 bits per heavy atom. The van der Waals surface area contributed by atoms with Gasteiger partial charge in [-0.1, -0.05) is 49.4 Å². The van der Waals surface area contributed by atoms with E-state index >= 15 is 0 Å². The summed E-state index contributed by atoms with van der Waals surface area (Å²) in [6, 6.07) is 23.2. The van der Waals surface area contributed by atoms with Gasteiger partial charge in [0.1, 0.15) is 5.82 Å². The number of hydrogen-bond donors (Lipinski definition) is 2. The van der Waals surface area contributed by atoms with Crippen LogP contribution in [0.4, 0.5) is 5.82 Å². The number of aryl methyl sites for hydroxylation is 1. The summed E-state index contributed by atoms with van der Waals surface area (Å²) >= 11 is 0. The number of hydrogen-bond acceptors (Lipinski definition) is 5. The van der Waals surface area contributed by atoms with Crippen LogP contribution < -0.4 is 10.6 Å². The fourth-order valence-electron chi connectivity index (χ4n) is 3.86. The Balaban J connectivity index is 1.40. The molecule has 0 bridgehead atoms. The maximum atomic E-state index is 13.2. The molecule has 7 heteroatoms. The number of carbonyl (C=O) groups excluding carboxylic acids is 1. The zero-order valence-electron chi connectivity index (χ0n) is 19.8. The summed E-state index contributed by atoms with van der Waals surface area (Å²) in [4.78, 5) is 17.7. The molecule has 0 saturated carbocycles. The first-order valence-electron chi connectivity index (χ1n) is 11.6. The van der Waals surface area contributed by atoms with Crippen molar-refractivity contribution in [2.24, 2.45) is 0 Å². The largest absolute Gasteiger partial charge is 0.315 e. The van der Waals surface area contributed by atoms with Crippen molar-refractivity contribution in [1.82, 2.24) is 20.1 Å². The third-order valence-corrected chi connectivity index (χ3v) is 5.90. The van der Waals surface area contributed by atoms with Crippen LogP contribution in [0.2, 0.25) is 0 Å². The van der Waals surface area contributed by atoms with Crippen molar-refractivity contribution in [2.75, 3.05) is 18.4 Å². The van der Waals surface area contributed by atoms with Gasteiger partial charge in [0.25, 0.3) is 0 Å². The third-order valence-electron chi connectivity index (χ3n) is 5.90. The molecule has 2 aromatic carbocycles. The molecule has 2 atom stereocenters. The number of pyridine rings is 1. The monoisotopic (exact) mass is 464 g/mol. The van der Waals surface area contributed by atoms with Crippen LogP contribution in [-0.2, 0) is 4.79 Å². The van der Waals surface area contributed by atoms with Gasteiger partial charge in [-0.25, -0.2) is 9.67 Å². The molecular formula is C28H28N6O. The van der Waals surface area contributed by atoms with Crippen LogP contribution in [0.15, 0.2) is 85.3 Å². The average molecular weight is 465 g/mol. The molecule has 2 heterocycles. The van der Waals surface area contributed by atoms with Gasteiger partial charge in [0.15, 0.2) is 0 Å². The van der Waals surface area contributed by atoms with E-state index in [0.29, 0.717) is 24.5 Å². The number of rotatable bonds is 9. The van der Waals surface area contributed by atoms with Gasteiger partial charge < -0.3 is 10.6 Å². The molecule has 0 saturated heterocycles. The SMILES string of the molecule is Cc1cnn(-c2ccc(NC(=O)C(CNC[C@H](C)c3ccc(C#N)cc3)c3ccccc3)nc2)c1. The van der Waals surface area contributed by atoms with E-state index in [1.165, 1.54) is 0 Å². The van der Waals surface area contributed by atoms with Gasteiger partial charge in [-0.05, 0) is 53.8 Å². The van der Waals surface area contributed by atoms with E-state index in [1.54, 1.807) is 23.1 Å². The van der Waals surface area contributed by atoms with E-state index < -0.39 is 0 Å². The Morgan fingerprint density at radius 1 is 1.00 bits per heavy atom. The van der Waals surface area contributed by atoms with Crippen LogP contribution in [0, 0.1) is 18.3 Å². The lowest BCUT2D eigenvalue weighted by Crippen LogP contribution is -2.32. The molecule has 4 rings (SSSR count). The molecule has 0 radical (unpaired) electrons. The summed E-state index contributed by atoms with van der Waals surface area (Å²) in [7, 11) is 0. The molecule has 0 aliphatic rings. The molecule has 176 valence electrons. The molecule has 7 nitrogen and oxygen atoms in total. The Hall–Kier alpha value is -4.28. The van der Waals surface area contributed by atoms with Crippen LogP contribution in [0.1, 0.15) is 41.0 Å². The lowest BCUT2D eigenvalue weighted by molar-refractivity contribution is -0.117. The number of nitrogens with zero attached hydrogens (tertiary/aromatic N) is 4. The second-order valence-corrected chi connectivity index (χ2v) is 8.61. The second kappa shape index (κ2) is 11.2. The van der Waals surface area contributed by atoms with Gasteiger partial charge in [0.2, 0.25) is 5.91 Å². The minimum atomic E-state index is -0.375. The predicted octanol–water partition coefficient (Wildman–Crippen LogP) is 4.56. The van der Waals surface area contributed by atoms with Crippen molar-refractivity contribution in [3.63, 3.8) is 0 Å². The van der Waals surface area contributed by atoms with Gasteiger partial charge in [-0.15, -0.1) is 0 Å². The maximum Gasteiger partial charge on any atom is 0.234 e. The van der Waals surface area contributed by atoms with Crippen LogP contribution in [-0.4, -0.2) is 33.8 Å². The summed E-state index contributed by atoms with van der Waals surface area (Å²) in [6.45, 7) is 5.30. The normalized spacial score (nSPS) is 12.5. The van der Waals surface area contributed by atoms with Crippen molar-refractivity contribution in [3.8, 4) is 11.8 Å². The van der Waals surface area contributed by atoms with E-state index in [9.17, 15) is 4.79 Å². The maximum absolute atomic E-state index is 13.2. The zero-order valence-corrected chi connectivity index (χ0v) is 19.8. The summed E-state index contributed by atoms with van der Waals surface area (Å²) in [6.07, 6.45) is 5.40. The fourth-order valence-corrected chi connectivity index (χ4v) is 3.86. The van der Waals surface area contributed by atoms with Gasteiger partial charge in [0.05, 0.1) is 35.6 Å². The Labute approximate surface area is 205 Å². The Kier molecular flexibility index (Phi) is 7.66. The second-order valence-electron chi connectivity index (χ2n) is 8.61. The molecule has 0 spiro atoms. The standard InChI is InChI=1S/C28H28N6O/c1-20-15-32-34(19-20)25-12-13-27(31-17-25)33-28(35)26(24-6-4-3-5-7-24)18-30-16-21(2)23-10-8-22(14-29)9-11-23/h3-13,15,17,19,21,26,30H,16,18H2,1-2H3,(H,31,33,35)/t21-,26?/m0/s1. The molecule has 1 unspecified atom stereocenters. The molecule has 35 heavy (non-hydrogen) atoms. The number of carbonyl (C=O) groups is 1. The van der Waals surface area contributed by atoms with Crippen LogP contribution >= 0.6 is 0 Å². The van der Waals surface area contributed by atoms with Crippen LogP contribution in [0.5, 0.6) is 0 Å². The number of benzene rings is 2. The molecule has 0 aliphatic carbocycles. The van der Waals surface area contributed by atoms with Crippen molar-refractivity contribution in [2.45, 2.75) is 25.7 Å². The lowest BCUT2D eigenvalue weighted by Gasteiger charge is -2.20. The van der Waals surface area contributed by atoms with Gasteiger partial charge in [-0.3, -0.25) is 4.79 Å².